The fraction of sp³-hybridized carbons (Fsp3) is 0.562. The quantitative estimate of drug-likeness (QED) is 0.898. The van der Waals surface area contributed by atoms with Crippen LogP contribution in [0, 0.1) is 5.92 Å². The molecule has 0 bridgehead atoms. The van der Waals surface area contributed by atoms with Crippen LogP contribution in [0.1, 0.15) is 32.6 Å². The third-order valence-electron chi connectivity index (χ3n) is 4.56. The topological polar surface area (TPSA) is 66.5 Å². The normalized spacial score (nSPS) is 24.1. The van der Waals surface area contributed by atoms with Crippen LogP contribution in [-0.4, -0.2) is 37.3 Å². The average Bonchev–Trinajstić information content (AvgIpc) is 3.24. The Morgan fingerprint density at radius 1 is 1.23 bits per heavy atom. The molecule has 120 valence electrons. The smallest absolute Gasteiger partial charge is 0.243 e. The van der Waals surface area contributed by atoms with Crippen molar-refractivity contribution < 1.29 is 13.2 Å². The predicted molar refractivity (Wildman–Crippen MR) is 83.7 cm³/mol. The van der Waals surface area contributed by atoms with Gasteiger partial charge in [-0.2, -0.15) is 4.31 Å². The molecule has 3 rings (SSSR count). The van der Waals surface area contributed by atoms with Crippen molar-refractivity contribution >= 4 is 15.9 Å². The Bertz CT molecular complexity index is 641. The van der Waals surface area contributed by atoms with Crippen LogP contribution in [0.3, 0.4) is 0 Å². The van der Waals surface area contributed by atoms with Gasteiger partial charge in [0.25, 0.3) is 0 Å². The third-order valence-corrected chi connectivity index (χ3v) is 6.48. The number of amides is 1. The number of benzene rings is 1. The van der Waals surface area contributed by atoms with E-state index in [9.17, 15) is 13.2 Å². The highest BCUT2D eigenvalue weighted by Gasteiger charge is 2.40. The second-order valence-electron chi connectivity index (χ2n) is 6.22. The summed E-state index contributed by atoms with van der Waals surface area (Å²) in [7, 11) is -3.60. The average molecular weight is 322 g/mol. The van der Waals surface area contributed by atoms with E-state index in [0.29, 0.717) is 18.9 Å². The third kappa shape index (κ3) is 3.03. The minimum absolute atomic E-state index is 0.134. The first-order valence-electron chi connectivity index (χ1n) is 7.87. The zero-order valence-corrected chi connectivity index (χ0v) is 13.6. The van der Waals surface area contributed by atoms with Crippen LogP contribution in [-0.2, 0) is 14.8 Å². The van der Waals surface area contributed by atoms with Gasteiger partial charge in [-0.25, -0.2) is 8.42 Å². The lowest BCUT2D eigenvalue weighted by Crippen LogP contribution is -2.48. The van der Waals surface area contributed by atoms with Gasteiger partial charge in [-0.15, -0.1) is 0 Å². The molecule has 1 heterocycles. The molecule has 2 aliphatic rings. The molecule has 2 atom stereocenters. The van der Waals surface area contributed by atoms with Gasteiger partial charge >= 0.3 is 0 Å². The van der Waals surface area contributed by atoms with E-state index in [4.69, 9.17) is 0 Å². The minimum atomic E-state index is -3.60. The number of carbonyl (C=O) groups excluding carboxylic acids is 1. The van der Waals surface area contributed by atoms with E-state index in [1.807, 2.05) is 6.92 Å². The van der Waals surface area contributed by atoms with Gasteiger partial charge in [-0.1, -0.05) is 18.2 Å². The van der Waals surface area contributed by atoms with Crippen molar-refractivity contribution in [3.05, 3.63) is 30.3 Å². The molecule has 0 unspecified atom stereocenters. The van der Waals surface area contributed by atoms with Crippen LogP contribution < -0.4 is 5.32 Å². The molecule has 2 fully saturated rings. The van der Waals surface area contributed by atoms with Gasteiger partial charge in [0.15, 0.2) is 0 Å². The van der Waals surface area contributed by atoms with Crippen molar-refractivity contribution in [2.45, 2.75) is 49.6 Å². The Hall–Kier alpha value is -1.40. The number of hydrogen-bond acceptors (Lipinski definition) is 3. The molecular weight excluding hydrogens is 300 g/mol. The van der Waals surface area contributed by atoms with Crippen molar-refractivity contribution in [1.82, 2.24) is 9.62 Å². The maximum atomic E-state index is 12.7. The molecule has 1 aromatic carbocycles. The summed E-state index contributed by atoms with van der Waals surface area (Å²) >= 11 is 0. The van der Waals surface area contributed by atoms with Crippen LogP contribution in [0.4, 0.5) is 0 Å². The Labute approximate surface area is 131 Å². The van der Waals surface area contributed by atoms with E-state index >= 15 is 0 Å². The van der Waals surface area contributed by atoms with E-state index in [1.54, 1.807) is 30.3 Å². The van der Waals surface area contributed by atoms with Gasteiger partial charge < -0.3 is 5.32 Å². The fourth-order valence-corrected chi connectivity index (χ4v) is 4.73. The number of hydrogen-bond donors (Lipinski definition) is 1. The van der Waals surface area contributed by atoms with Gasteiger partial charge in [-0.05, 0) is 50.7 Å². The zero-order chi connectivity index (χ0) is 15.7. The molecule has 1 N–H and O–H groups in total. The SMILES string of the molecule is C[C@H](NC(=O)[C@@H]1CCCN1S(=O)(=O)c1ccccc1)C1CC1. The molecule has 1 aliphatic heterocycles. The Morgan fingerprint density at radius 3 is 2.55 bits per heavy atom. The van der Waals surface area contributed by atoms with E-state index in [0.717, 1.165) is 19.3 Å². The number of sulfonamides is 1. The lowest BCUT2D eigenvalue weighted by Gasteiger charge is -2.25. The van der Waals surface area contributed by atoms with Crippen LogP contribution in [0.5, 0.6) is 0 Å². The number of nitrogens with one attached hydrogen (secondary N) is 1. The van der Waals surface area contributed by atoms with E-state index < -0.39 is 16.1 Å². The van der Waals surface area contributed by atoms with Crippen LogP contribution in [0.15, 0.2) is 35.2 Å². The molecule has 5 nitrogen and oxygen atoms in total. The van der Waals surface area contributed by atoms with Gasteiger partial charge in [0, 0.05) is 12.6 Å². The molecule has 0 spiro atoms. The first-order valence-corrected chi connectivity index (χ1v) is 9.31. The highest BCUT2D eigenvalue weighted by Crippen LogP contribution is 2.33. The molecular formula is C16H22N2O3S. The van der Waals surface area contributed by atoms with Crippen molar-refractivity contribution in [1.29, 1.82) is 0 Å². The van der Waals surface area contributed by atoms with Crippen molar-refractivity contribution in [3.8, 4) is 0 Å². The lowest BCUT2D eigenvalue weighted by atomic mass is 10.1. The lowest BCUT2D eigenvalue weighted by molar-refractivity contribution is -0.124. The van der Waals surface area contributed by atoms with Gasteiger partial charge in [0.05, 0.1) is 4.90 Å². The molecule has 0 aromatic heterocycles. The summed E-state index contributed by atoms with van der Waals surface area (Å²) in [5, 5.41) is 2.99. The summed E-state index contributed by atoms with van der Waals surface area (Å²) in [6.45, 7) is 2.41. The molecule has 1 aromatic rings. The first kappa shape index (κ1) is 15.5. The summed E-state index contributed by atoms with van der Waals surface area (Å²) in [5.41, 5.74) is 0. The highest BCUT2D eigenvalue weighted by atomic mass is 32.2. The van der Waals surface area contributed by atoms with Crippen LogP contribution in [0.25, 0.3) is 0 Å². The number of nitrogens with zero attached hydrogens (tertiary/aromatic N) is 1. The van der Waals surface area contributed by atoms with Crippen LogP contribution >= 0.6 is 0 Å². The van der Waals surface area contributed by atoms with Gasteiger partial charge in [-0.3, -0.25) is 4.79 Å². The second kappa shape index (κ2) is 6.01. The van der Waals surface area contributed by atoms with Crippen molar-refractivity contribution in [3.63, 3.8) is 0 Å². The molecule has 1 aliphatic carbocycles. The zero-order valence-electron chi connectivity index (χ0n) is 12.7. The molecule has 1 saturated heterocycles. The molecule has 6 heteroatoms. The van der Waals surface area contributed by atoms with E-state index in [2.05, 4.69) is 5.32 Å². The van der Waals surface area contributed by atoms with Crippen molar-refractivity contribution in [2.24, 2.45) is 5.92 Å². The molecule has 0 radical (unpaired) electrons. The summed E-state index contributed by atoms with van der Waals surface area (Å²) in [4.78, 5) is 12.7. The van der Waals surface area contributed by atoms with E-state index in [1.165, 1.54) is 4.31 Å². The van der Waals surface area contributed by atoms with Crippen molar-refractivity contribution in [2.75, 3.05) is 6.54 Å². The minimum Gasteiger partial charge on any atom is -0.352 e. The number of rotatable bonds is 5. The molecule has 22 heavy (non-hydrogen) atoms. The Balaban J connectivity index is 1.76. The standard InChI is InChI=1S/C16H22N2O3S/c1-12(13-9-10-13)17-16(19)15-8-5-11-18(15)22(20,21)14-6-3-2-4-7-14/h2-4,6-7,12-13,15H,5,8-11H2,1H3,(H,17,19)/t12-,15-/m0/s1. The van der Waals surface area contributed by atoms with Gasteiger partial charge in [0.2, 0.25) is 15.9 Å². The number of carbonyl (C=O) groups is 1. The van der Waals surface area contributed by atoms with Crippen LogP contribution in [0.2, 0.25) is 0 Å². The first-order chi connectivity index (χ1) is 10.5. The maximum absolute atomic E-state index is 12.7. The summed E-state index contributed by atoms with van der Waals surface area (Å²) in [5.74, 6) is 0.404. The molecule has 1 saturated carbocycles. The van der Waals surface area contributed by atoms with E-state index in [-0.39, 0.29) is 16.8 Å². The molecule has 1 amide bonds. The second-order valence-corrected chi connectivity index (χ2v) is 8.11. The maximum Gasteiger partial charge on any atom is 0.243 e. The fourth-order valence-electron chi connectivity index (χ4n) is 3.05. The Kier molecular flexibility index (Phi) is 4.23. The largest absolute Gasteiger partial charge is 0.352 e. The summed E-state index contributed by atoms with van der Waals surface area (Å²) < 4.78 is 26.8. The predicted octanol–water partition coefficient (Wildman–Crippen LogP) is 1.75. The summed E-state index contributed by atoms with van der Waals surface area (Å²) in [6, 6.07) is 7.90. The monoisotopic (exact) mass is 322 g/mol. The van der Waals surface area contributed by atoms with Gasteiger partial charge in [0.1, 0.15) is 6.04 Å². The highest BCUT2D eigenvalue weighted by molar-refractivity contribution is 7.89. The Morgan fingerprint density at radius 2 is 1.91 bits per heavy atom. The summed E-state index contributed by atoms with van der Waals surface area (Å²) in [6.07, 6.45) is 3.62.